The molecule has 0 aliphatic heterocycles. The second-order valence-electron chi connectivity index (χ2n) is 5.89. The minimum atomic E-state index is -2.74. The molecule has 1 amide bonds. The van der Waals surface area contributed by atoms with Gasteiger partial charge in [-0.3, -0.25) is 4.79 Å². The van der Waals surface area contributed by atoms with Crippen molar-refractivity contribution in [2.45, 2.75) is 70.8 Å². The van der Waals surface area contributed by atoms with E-state index in [9.17, 15) is 18.4 Å². The second kappa shape index (κ2) is 8.95. The third-order valence-electron chi connectivity index (χ3n) is 4.21. The average Bonchev–Trinajstić information content (AvgIpc) is 2.44. The van der Waals surface area contributed by atoms with Gasteiger partial charge in [0, 0.05) is 12.3 Å². The zero-order valence-corrected chi connectivity index (χ0v) is 12.5. The smallest absolute Gasteiger partial charge is 0.326 e. The van der Waals surface area contributed by atoms with Crippen molar-refractivity contribution in [1.82, 2.24) is 5.32 Å². The minimum Gasteiger partial charge on any atom is -0.480 e. The quantitative estimate of drug-likeness (QED) is 0.723. The van der Waals surface area contributed by atoms with Crippen LogP contribution in [-0.2, 0) is 9.59 Å². The summed E-state index contributed by atoms with van der Waals surface area (Å²) in [4.78, 5) is 22.9. The molecular weight excluding hydrogens is 280 g/mol. The average molecular weight is 305 g/mol. The Labute approximate surface area is 124 Å². The molecule has 0 saturated heterocycles. The molecule has 0 aromatic carbocycles. The van der Waals surface area contributed by atoms with Gasteiger partial charge in [-0.2, -0.15) is 0 Å². The number of halogens is 2. The summed E-state index contributed by atoms with van der Waals surface area (Å²) in [6.45, 7) is 2.15. The molecule has 1 fully saturated rings. The highest BCUT2D eigenvalue weighted by atomic mass is 19.3. The summed E-state index contributed by atoms with van der Waals surface area (Å²) < 4.78 is 24.6. The summed E-state index contributed by atoms with van der Waals surface area (Å²) in [5.41, 5.74) is 0. The Bertz CT molecular complexity index is 342. The number of aliphatic carboxylic acids is 1. The van der Waals surface area contributed by atoms with Gasteiger partial charge < -0.3 is 10.4 Å². The highest BCUT2D eigenvalue weighted by molar-refractivity contribution is 5.85. The van der Waals surface area contributed by atoms with E-state index in [1.807, 2.05) is 0 Å². The van der Waals surface area contributed by atoms with Gasteiger partial charge in [-0.15, -0.1) is 0 Å². The van der Waals surface area contributed by atoms with Crippen molar-refractivity contribution in [2.75, 3.05) is 0 Å². The van der Waals surface area contributed by atoms with Crippen LogP contribution in [0.3, 0.4) is 0 Å². The summed E-state index contributed by atoms with van der Waals surface area (Å²) in [5, 5.41) is 11.1. The molecule has 1 aliphatic carbocycles. The van der Waals surface area contributed by atoms with Crippen molar-refractivity contribution in [2.24, 2.45) is 11.8 Å². The number of amides is 1. The van der Waals surface area contributed by atoms with Gasteiger partial charge in [-0.05, 0) is 31.6 Å². The number of carboxylic acids is 1. The molecule has 2 N–H and O–H groups in total. The van der Waals surface area contributed by atoms with Gasteiger partial charge in [0.15, 0.2) is 0 Å². The van der Waals surface area contributed by atoms with Crippen LogP contribution in [0.2, 0.25) is 0 Å². The van der Waals surface area contributed by atoms with E-state index in [0.717, 1.165) is 32.1 Å². The van der Waals surface area contributed by atoms with Crippen LogP contribution in [0, 0.1) is 11.8 Å². The van der Waals surface area contributed by atoms with Gasteiger partial charge in [0.2, 0.25) is 12.3 Å². The summed E-state index contributed by atoms with van der Waals surface area (Å²) >= 11 is 0. The molecule has 0 spiro atoms. The zero-order chi connectivity index (χ0) is 15.8. The number of nitrogens with one attached hydrogen (secondary N) is 1. The predicted molar refractivity (Wildman–Crippen MR) is 75.2 cm³/mol. The molecule has 6 heteroatoms. The molecule has 21 heavy (non-hydrogen) atoms. The van der Waals surface area contributed by atoms with Crippen molar-refractivity contribution < 1.29 is 23.5 Å². The number of hydrogen-bond donors (Lipinski definition) is 2. The molecule has 1 aliphatic rings. The third kappa shape index (κ3) is 6.40. The van der Waals surface area contributed by atoms with Crippen molar-refractivity contribution in [3.05, 3.63) is 0 Å². The normalized spacial score (nSPS) is 23.8. The fourth-order valence-corrected chi connectivity index (χ4v) is 2.90. The first-order valence-electron chi connectivity index (χ1n) is 7.75. The molecule has 1 atom stereocenters. The molecule has 1 unspecified atom stereocenters. The number of carbonyl (C=O) groups is 2. The van der Waals surface area contributed by atoms with Crippen LogP contribution >= 0.6 is 0 Å². The lowest BCUT2D eigenvalue weighted by Crippen LogP contribution is -2.45. The lowest BCUT2D eigenvalue weighted by molar-refractivity contribution is -0.144. The van der Waals surface area contributed by atoms with Gasteiger partial charge in [-0.25, -0.2) is 13.6 Å². The number of carbonyl (C=O) groups excluding carboxylic acids is 1. The van der Waals surface area contributed by atoms with Crippen LogP contribution in [0.5, 0.6) is 0 Å². The standard InChI is InChI=1S/C15H25F2NO3/c1-2-3-4-10-5-7-11(8-6-10)14(19)18-12(15(20)21)9-13(16)17/h10-13H,2-9H2,1H3,(H,18,19)(H,20,21). The Morgan fingerprint density at radius 3 is 2.33 bits per heavy atom. The van der Waals surface area contributed by atoms with Gasteiger partial charge in [-0.1, -0.05) is 26.2 Å². The van der Waals surface area contributed by atoms with Crippen molar-refractivity contribution in [3.8, 4) is 0 Å². The van der Waals surface area contributed by atoms with Crippen LogP contribution in [-0.4, -0.2) is 29.5 Å². The van der Waals surface area contributed by atoms with Crippen LogP contribution in [0.4, 0.5) is 8.78 Å². The number of alkyl halides is 2. The first-order chi connectivity index (χ1) is 9.93. The summed E-state index contributed by atoms with van der Waals surface area (Å²) in [6.07, 6.45) is 3.32. The maximum absolute atomic E-state index is 12.3. The molecule has 4 nitrogen and oxygen atoms in total. The fourth-order valence-electron chi connectivity index (χ4n) is 2.90. The number of unbranched alkanes of at least 4 members (excludes halogenated alkanes) is 1. The highest BCUT2D eigenvalue weighted by Crippen LogP contribution is 2.32. The predicted octanol–water partition coefficient (Wildman–Crippen LogP) is 3.21. The van der Waals surface area contributed by atoms with Gasteiger partial charge in [0.05, 0.1) is 0 Å². The number of rotatable bonds is 8. The van der Waals surface area contributed by atoms with Crippen molar-refractivity contribution in [1.29, 1.82) is 0 Å². The largest absolute Gasteiger partial charge is 0.480 e. The summed E-state index contributed by atoms with van der Waals surface area (Å²) in [7, 11) is 0. The Morgan fingerprint density at radius 2 is 1.86 bits per heavy atom. The lowest BCUT2D eigenvalue weighted by Gasteiger charge is -2.28. The summed E-state index contributed by atoms with van der Waals surface area (Å²) in [5.74, 6) is -1.38. The SMILES string of the molecule is CCCCC1CCC(C(=O)NC(CC(F)F)C(=O)O)CC1. The molecule has 122 valence electrons. The number of hydrogen-bond acceptors (Lipinski definition) is 2. The molecule has 0 radical (unpaired) electrons. The van der Waals surface area contributed by atoms with E-state index < -0.39 is 30.8 Å². The van der Waals surface area contributed by atoms with Crippen LogP contribution in [0.25, 0.3) is 0 Å². The first kappa shape index (κ1) is 17.9. The Hall–Kier alpha value is -1.20. The van der Waals surface area contributed by atoms with E-state index in [1.54, 1.807) is 0 Å². The third-order valence-corrected chi connectivity index (χ3v) is 4.21. The second-order valence-corrected chi connectivity index (χ2v) is 5.89. The Morgan fingerprint density at radius 1 is 1.24 bits per heavy atom. The molecule has 0 heterocycles. The Kier molecular flexibility index (Phi) is 7.61. The molecular formula is C15H25F2NO3. The van der Waals surface area contributed by atoms with Gasteiger partial charge in [0.25, 0.3) is 0 Å². The lowest BCUT2D eigenvalue weighted by atomic mass is 9.79. The molecule has 1 saturated carbocycles. The van der Waals surface area contributed by atoms with Gasteiger partial charge >= 0.3 is 5.97 Å². The topological polar surface area (TPSA) is 66.4 Å². The minimum absolute atomic E-state index is 0.234. The summed E-state index contributed by atoms with van der Waals surface area (Å²) in [6, 6.07) is -1.49. The van der Waals surface area contributed by atoms with E-state index in [1.165, 1.54) is 12.8 Å². The van der Waals surface area contributed by atoms with Crippen LogP contribution in [0.1, 0.15) is 58.3 Å². The van der Waals surface area contributed by atoms with Crippen molar-refractivity contribution >= 4 is 11.9 Å². The maximum atomic E-state index is 12.3. The first-order valence-corrected chi connectivity index (χ1v) is 7.75. The zero-order valence-electron chi connectivity index (χ0n) is 12.5. The van der Waals surface area contributed by atoms with E-state index in [-0.39, 0.29) is 5.92 Å². The van der Waals surface area contributed by atoms with E-state index in [0.29, 0.717) is 5.92 Å². The van der Waals surface area contributed by atoms with Crippen molar-refractivity contribution in [3.63, 3.8) is 0 Å². The molecule has 0 aromatic heterocycles. The van der Waals surface area contributed by atoms with E-state index in [2.05, 4.69) is 12.2 Å². The Balaban J connectivity index is 2.40. The molecule has 1 rings (SSSR count). The number of carboxylic acid groups (broad SMARTS) is 1. The fraction of sp³-hybridized carbons (Fsp3) is 0.867. The van der Waals surface area contributed by atoms with Crippen LogP contribution < -0.4 is 5.32 Å². The van der Waals surface area contributed by atoms with Gasteiger partial charge in [0.1, 0.15) is 6.04 Å². The highest BCUT2D eigenvalue weighted by Gasteiger charge is 2.30. The van der Waals surface area contributed by atoms with Crippen LogP contribution in [0.15, 0.2) is 0 Å². The molecule has 0 aromatic rings. The maximum Gasteiger partial charge on any atom is 0.326 e. The monoisotopic (exact) mass is 305 g/mol. The van der Waals surface area contributed by atoms with E-state index >= 15 is 0 Å². The molecule has 0 bridgehead atoms. The van der Waals surface area contributed by atoms with E-state index in [4.69, 9.17) is 5.11 Å².